The number of carbonyl (C=O) groups is 2. The number of alkyl carbamates (subject to hydrolysis) is 1. The van der Waals surface area contributed by atoms with Gasteiger partial charge in [0, 0.05) is 6.04 Å². The van der Waals surface area contributed by atoms with Gasteiger partial charge in [-0.25, -0.2) is 4.79 Å². The largest absolute Gasteiger partial charge is 0.506 e. The van der Waals surface area contributed by atoms with Gasteiger partial charge >= 0.3 is 12.1 Å². The number of nitrogens with two attached hydrogens (primary N) is 1. The molecule has 0 spiro atoms. The third-order valence-electron chi connectivity index (χ3n) is 3.54. The Labute approximate surface area is 148 Å². The molecule has 0 bridgehead atoms. The van der Waals surface area contributed by atoms with Crippen LogP contribution in [0.15, 0.2) is 18.2 Å². The first kappa shape index (κ1) is 20.6. The summed E-state index contributed by atoms with van der Waals surface area (Å²) < 4.78 is 10.0. The second-order valence-corrected chi connectivity index (χ2v) is 7.10. The van der Waals surface area contributed by atoms with E-state index in [1.807, 2.05) is 0 Å². The molecule has 7 heteroatoms. The standard InChI is InChI=1S/C18H28N2O5/c1-11(16(22)24-5)8-13(20-17(23)25-18(2,3)4)9-12-6-7-15(21)14(19)10-12/h6-7,10-11,13,21H,8-9,19H2,1-5H3,(H,20,23)/t11?,13-/m1/s1. The van der Waals surface area contributed by atoms with E-state index >= 15 is 0 Å². The van der Waals surface area contributed by atoms with E-state index in [0.717, 1.165) is 5.56 Å². The van der Waals surface area contributed by atoms with Crippen LogP contribution in [0.25, 0.3) is 0 Å². The van der Waals surface area contributed by atoms with Crippen LogP contribution in [0.4, 0.5) is 10.5 Å². The Morgan fingerprint density at radius 3 is 2.48 bits per heavy atom. The van der Waals surface area contributed by atoms with Crippen LogP contribution in [-0.4, -0.2) is 35.9 Å². The summed E-state index contributed by atoms with van der Waals surface area (Å²) in [5.74, 6) is -0.732. The number of amides is 1. The lowest BCUT2D eigenvalue weighted by Crippen LogP contribution is -2.41. The molecule has 140 valence electrons. The van der Waals surface area contributed by atoms with Crippen LogP contribution in [0.2, 0.25) is 0 Å². The van der Waals surface area contributed by atoms with Crippen molar-refractivity contribution >= 4 is 17.7 Å². The van der Waals surface area contributed by atoms with E-state index < -0.39 is 11.7 Å². The molecule has 0 aliphatic carbocycles. The van der Waals surface area contributed by atoms with Gasteiger partial charge in [-0.3, -0.25) is 4.79 Å². The number of carbonyl (C=O) groups excluding carboxylic acids is 2. The van der Waals surface area contributed by atoms with Gasteiger partial charge in [-0.1, -0.05) is 13.0 Å². The fourth-order valence-corrected chi connectivity index (χ4v) is 2.41. The number of methoxy groups -OCH3 is 1. The highest BCUT2D eigenvalue weighted by atomic mass is 16.6. The van der Waals surface area contributed by atoms with Crippen LogP contribution in [0, 0.1) is 5.92 Å². The Kier molecular flexibility index (Phi) is 7.09. The first-order valence-corrected chi connectivity index (χ1v) is 8.16. The zero-order chi connectivity index (χ0) is 19.2. The van der Waals surface area contributed by atoms with Gasteiger partial charge in [0.2, 0.25) is 0 Å². The van der Waals surface area contributed by atoms with Crippen LogP contribution < -0.4 is 11.1 Å². The molecule has 2 atom stereocenters. The molecule has 0 fully saturated rings. The topological polar surface area (TPSA) is 111 Å². The first-order valence-electron chi connectivity index (χ1n) is 8.16. The number of phenols is 1. The van der Waals surface area contributed by atoms with Gasteiger partial charge in [0.15, 0.2) is 0 Å². The summed E-state index contributed by atoms with van der Waals surface area (Å²) in [7, 11) is 1.33. The average Bonchev–Trinajstić information content (AvgIpc) is 2.47. The van der Waals surface area contributed by atoms with Crippen molar-refractivity contribution in [3.63, 3.8) is 0 Å². The molecule has 1 amide bonds. The van der Waals surface area contributed by atoms with Gasteiger partial charge in [-0.2, -0.15) is 0 Å². The summed E-state index contributed by atoms with van der Waals surface area (Å²) >= 11 is 0. The number of esters is 1. The van der Waals surface area contributed by atoms with Gasteiger partial charge in [-0.15, -0.1) is 0 Å². The third kappa shape index (κ3) is 7.32. The zero-order valence-electron chi connectivity index (χ0n) is 15.5. The smallest absolute Gasteiger partial charge is 0.407 e. The number of anilines is 1. The summed E-state index contributed by atoms with van der Waals surface area (Å²) in [4.78, 5) is 23.8. The summed E-state index contributed by atoms with van der Waals surface area (Å²) in [6.07, 6.45) is 0.263. The molecule has 0 heterocycles. The van der Waals surface area contributed by atoms with Crippen LogP contribution in [0.5, 0.6) is 5.75 Å². The van der Waals surface area contributed by atoms with Crippen molar-refractivity contribution in [2.45, 2.75) is 52.2 Å². The summed E-state index contributed by atoms with van der Waals surface area (Å²) in [5, 5.41) is 12.3. The number of aromatic hydroxyl groups is 1. The number of rotatable bonds is 6. The molecular weight excluding hydrogens is 324 g/mol. The molecule has 0 saturated carbocycles. The van der Waals surface area contributed by atoms with E-state index in [9.17, 15) is 14.7 Å². The average molecular weight is 352 g/mol. The predicted molar refractivity (Wildman–Crippen MR) is 95.2 cm³/mol. The van der Waals surface area contributed by atoms with Gasteiger partial charge < -0.3 is 25.6 Å². The number of benzene rings is 1. The highest BCUT2D eigenvalue weighted by Crippen LogP contribution is 2.22. The molecule has 0 radical (unpaired) electrons. The van der Waals surface area contributed by atoms with Gasteiger partial charge in [0.1, 0.15) is 11.4 Å². The summed E-state index contributed by atoms with van der Waals surface area (Å²) in [6.45, 7) is 7.07. The minimum absolute atomic E-state index is 0.00308. The zero-order valence-corrected chi connectivity index (χ0v) is 15.5. The normalized spacial score (nSPS) is 13.6. The van der Waals surface area contributed by atoms with Gasteiger partial charge in [-0.05, 0) is 51.3 Å². The molecule has 1 aromatic rings. The van der Waals surface area contributed by atoms with E-state index in [-0.39, 0.29) is 29.4 Å². The Morgan fingerprint density at radius 1 is 1.32 bits per heavy atom. The van der Waals surface area contributed by atoms with E-state index in [4.69, 9.17) is 15.2 Å². The quantitative estimate of drug-likeness (QED) is 0.412. The number of hydrogen-bond donors (Lipinski definition) is 3. The second kappa shape index (κ2) is 8.60. The molecule has 0 aromatic heterocycles. The number of ether oxygens (including phenoxy) is 2. The number of nitrogen functional groups attached to an aromatic ring is 1. The molecular formula is C18H28N2O5. The Balaban J connectivity index is 2.87. The Bertz CT molecular complexity index is 610. The molecule has 1 rings (SSSR count). The number of hydrogen-bond acceptors (Lipinski definition) is 6. The predicted octanol–water partition coefficient (Wildman–Crippen LogP) is 2.61. The molecule has 1 aromatic carbocycles. The van der Waals surface area contributed by atoms with E-state index in [0.29, 0.717) is 12.8 Å². The third-order valence-corrected chi connectivity index (χ3v) is 3.54. The van der Waals surface area contributed by atoms with Crippen molar-refractivity contribution < 1.29 is 24.2 Å². The maximum atomic E-state index is 12.1. The van der Waals surface area contributed by atoms with Crippen LogP contribution in [0.1, 0.15) is 39.7 Å². The van der Waals surface area contributed by atoms with E-state index in [1.54, 1.807) is 39.8 Å². The number of nitrogens with one attached hydrogen (secondary N) is 1. The van der Waals surface area contributed by atoms with E-state index in [2.05, 4.69) is 5.32 Å². The molecule has 25 heavy (non-hydrogen) atoms. The van der Waals surface area contributed by atoms with Crippen molar-refractivity contribution in [2.24, 2.45) is 5.92 Å². The second-order valence-electron chi connectivity index (χ2n) is 7.10. The minimum atomic E-state index is -0.619. The maximum absolute atomic E-state index is 12.1. The maximum Gasteiger partial charge on any atom is 0.407 e. The van der Waals surface area contributed by atoms with Gasteiger partial charge in [0.05, 0.1) is 18.7 Å². The Morgan fingerprint density at radius 2 is 1.96 bits per heavy atom. The molecule has 0 saturated heterocycles. The van der Waals surface area contributed by atoms with Crippen LogP contribution >= 0.6 is 0 Å². The van der Waals surface area contributed by atoms with Crippen LogP contribution in [-0.2, 0) is 20.7 Å². The van der Waals surface area contributed by atoms with Crippen molar-refractivity contribution in [3.8, 4) is 5.75 Å². The minimum Gasteiger partial charge on any atom is -0.506 e. The summed E-state index contributed by atoms with van der Waals surface area (Å²) in [6, 6.07) is 4.51. The molecule has 4 N–H and O–H groups in total. The SMILES string of the molecule is COC(=O)C(C)C[C@H](Cc1ccc(O)c(N)c1)NC(=O)OC(C)(C)C. The highest BCUT2D eigenvalue weighted by Gasteiger charge is 2.24. The first-order chi connectivity index (χ1) is 11.5. The van der Waals surface area contributed by atoms with Crippen molar-refractivity contribution in [1.82, 2.24) is 5.32 Å². The summed E-state index contributed by atoms with van der Waals surface area (Å²) in [5.41, 5.74) is 6.18. The highest BCUT2D eigenvalue weighted by molar-refractivity contribution is 5.72. The lowest BCUT2D eigenvalue weighted by Gasteiger charge is -2.25. The lowest BCUT2D eigenvalue weighted by atomic mass is 9.96. The number of phenolic OH excluding ortho intramolecular Hbond substituents is 1. The van der Waals surface area contributed by atoms with Gasteiger partial charge in [0.25, 0.3) is 0 Å². The van der Waals surface area contributed by atoms with Crippen molar-refractivity contribution in [3.05, 3.63) is 23.8 Å². The monoisotopic (exact) mass is 352 g/mol. The van der Waals surface area contributed by atoms with Crippen LogP contribution in [0.3, 0.4) is 0 Å². The van der Waals surface area contributed by atoms with Crippen molar-refractivity contribution in [1.29, 1.82) is 0 Å². The Hall–Kier alpha value is -2.44. The molecule has 7 nitrogen and oxygen atoms in total. The lowest BCUT2D eigenvalue weighted by molar-refractivity contribution is -0.145. The fourth-order valence-electron chi connectivity index (χ4n) is 2.41. The van der Waals surface area contributed by atoms with E-state index in [1.165, 1.54) is 13.2 Å². The molecule has 0 aliphatic rings. The fraction of sp³-hybridized carbons (Fsp3) is 0.556. The molecule has 0 aliphatic heterocycles. The molecule has 1 unspecified atom stereocenters. The van der Waals surface area contributed by atoms with Crippen molar-refractivity contribution in [2.75, 3.05) is 12.8 Å².